The Balaban J connectivity index is 2.05. The number of unbranched alkanes of at least 4 members (excludes halogenated alkanes) is 1. The number of carboxylic acid groups (broad SMARTS) is 1. The Bertz CT molecular complexity index is 1070. The molecule has 1 aromatic heterocycles. The average Bonchev–Trinajstić information content (AvgIpc) is 3.28. The van der Waals surface area contributed by atoms with Crippen LogP contribution in [0, 0.1) is 5.92 Å². The maximum Gasteiger partial charge on any atom is 0.326 e. The first kappa shape index (κ1) is 29.8. The van der Waals surface area contributed by atoms with Crippen LogP contribution in [0.3, 0.4) is 0 Å². The van der Waals surface area contributed by atoms with E-state index < -0.39 is 47.9 Å². The lowest BCUT2D eigenvalue weighted by Crippen LogP contribution is -2.58. The van der Waals surface area contributed by atoms with Gasteiger partial charge in [0.15, 0.2) is 0 Å². The maximum atomic E-state index is 13.2. The van der Waals surface area contributed by atoms with E-state index >= 15 is 0 Å². The number of aromatic amines is 1. The van der Waals surface area contributed by atoms with Crippen molar-refractivity contribution in [3.63, 3.8) is 0 Å². The van der Waals surface area contributed by atoms with Crippen molar-refractivity contribution in [2.45, 2.75) is 77.0 Å². The van der Waals surface area contributed by atoms with Crippen molar-refractivity contribution in [3.05, 3.63) is 36.0 Å². The van der Waals surface area contributed by atoms with Crippen LogP contribution in [-0.2, 0) is 25.6 Å². The molecule has 5 unspecified atom stereocenters. The van der Waals surface area contributed by atoms with Crippen LogP contribution in [0.4, 0.5) is 0 Å². The van der Waals surface area contributed by atoms with Crippen molar-refractivity contribution in [3.8, 4) is 0 Å². The Labute approximate surface area is 217 Å². The van der Waals surface area contributed by atoms with Gasteiger partial charge >= 0.3 is 5.97 Å². The molecule has 2 aromatic rings. The van der Waals surface area contributed by atoms with Crippen LogP contribution >= 0.6 is 0 Å². The van der Waals surface area contributed by atoms with E-state index in [-0.39, 0.29) is 12.3 Å². The molecule has 3 amide bonds. The monoisotopic (exact) mass is 516 g/mol. The summed E-state index contributed by atoms with van der Waals surface area (Å²) in [5.74, 6) is -3.10. The zero-order chi connectivity index (χ0) is 27.5. The second-order valence-electron chi connectivity index (χ2n) is 9.46. The molecule has 0 bridgehead atoms. The minimum absolute atomic E-state index is 0.0702. The predicted octanol–water partition coefficient (Wildman–Crippen LogP) is 0.772. The summed E-state index contributed by atoms with van der Waals surface area (Å²) in [5, 5.41) is 18.5. The Kier molecular flexibility index (Phi) is 11.5. The van der Waals surface area contributed by atoms with E-state index in [1.165, 1.54) is 6.92 Å². The molecule has 1 aromatic carbocycles. The van der Waals surface area contributed by atoms with Gasteiger partial charge in [-0.1, -0.05) is 44.9 Å². The topological polar surface area (TPSA) is 192 Å². The number of hydrogen-bond acceptors (Lipinski definition) is 6. The number of benzene rings is 1. The van der Waals surface area contributed by atoms with Gasteiger partial charge in [0.2, 0.25) is 17.7 Å². The van der Waals surface area contributed by atoms with Crippen LogP contribution in [0.25, 0.3) is 10.9 Å². The summed E-state index contributed by atoms with van der Waals surface area (Å²) in [7, 11) is 0. The SMILES string of the molecule is CCC(C)C(NC(=O)C(C)NC(=O)C(N)CCCCN)C(=O)NC(Cc1c[nH]c2ccccc12)C(=O)O. The molecule has 37 heavy (non-hydrogen) atoms. The number of carbonyl (C=O) groups excluding carboxylic acids is 3. The lowest BCUT2D eigenvalue weighted by atomic mass is 9.97. The van der Waals surface area contributed by atoms with Gasteiger partial charge in [0.1, 0.15) is 18.1 Å². The molecule has 1 heterocycles. The molecule has 0 saturated carbocycles. The fourth-order valence-electron chi connectivity index (χ4n) is 3.99. The number of fused-ring (bicyclic) bond motifs is 1. The normalized spacial score (nSPS) is 15.3. The quantitative estimate of drug-likeness (QED) is 0.170. The van der Waals surface area contributed by atoms with Gasteiger partial charge in [-0.15, -0.1) is 0 Å². The van der Waals surface area contributed by atoms with Crippen LogP contribution in [0.5, 0.6) is 0 Å². The van der Waals surface area contributed by atoms with Gasteiger partial charge in [-0.25, -0.2) is 4.79 Å². The van der Waals surface area contributed by atoms with Crippen LogP contribution in [0.1, 0.15) is 52.0 Å². The number of H-pyrrole nitrogens is 1. The van der Waals surface area contributed by atoms with Crippen molar-refractivity contribution in [1.82, 2.24) is 20.9 Å². The second kappa shape index (κ2) is 14.3. The first-order chi connectivity index (χ1) is 17.6. The smallest absolute Gasteiger partial charge is 0.326 e. The third kappa shape index (κ3) is 8.57. The Morgan fingerprint density at radius 2 is 1.70 bits per heavy atom. The fraction of sp³-hybridized carbons (Fsp3) is 0.538. The van der Waals surface area contributed by atoms with E-state index in [4.69, 9.17) is 11.5 Å². The first-order valence-electron chi connectivity index (χ1n) is 12.7. The minimum Gasteiger partial charge on any atom is -0.480 e. The van der Waals surface area contributed by atoms with Crippen LogP contribution in [0.2, 0.25) is 0 Å². The van der Waals surface area contributed by atoms with Crippen LogP contribution < -0.4 is 27.4 Å². The molecule has 0 saturated heterocycles. The average molecular weight is 517 g/mol. The molecule has 5 atom stereocenters. The highest BCUT2D eigenvalue weighted by molar-refractivity contribution is 5.94. The van der Waals surface area contributed by atoms with E-state index in [1.807, 2.05) is 31.2 Å². The maximum absolute atomic E-state index is 13.2. The molecule has 2 rings (SSSR count). The Morgan fingerprint density at radius 3 is 2.35 bits per heavy atom. The Morgan fingerprint density at radius 1 is 1.00 bits per heavy atom. The number of carbonyl (C=O) groups is 4. The van der Waals surface area contributed by atoms with Gasteiger partial charge < -0.3 is 37.5 Å². The minimum atomic E-state index is -1.20. The highest BCUT2D eigenvalue weighted by Crippen LogP contribution is 2.19. The molecular formula is C26H40N6O5. The molecule has 0 aliphatic rings. The van der Waals surface area contributed by atoms with Gasteiger partial charge in [-0.05, 0) is 43.9 Å². The van der Waals surface area contributed by atoms with Crippen molar-refractivity contribution >= 4 is 34.6 Å². The molecular weight excluding hydrogens is 476 g/mol. The second-order valence-corrected chi connectivity index (χ2v) is 9.46. The third-order valence-electron chi connectivity index (χ3n) is 6.56. The van der Waals surface area contributed by atoms with Crippen LogP contribution in [0.15, 0.2) is 30.5 Å². The lowest BCUT2D eigenvalue weighted by Gasteiger charge is -2.27. The zero-order valence-corrected chi connectivity index (χ0v) is 21.8. The van der Waals surface area contributed by atoms with Gasteiger partial charge in [-0.3, -0.25) is 14.4 Å². The number of nitrogens with one attached hydrogen (secondary N) is 4. The lowest BCUT2D eigenvalue weighted by molar-refractivity contribution is -0.142. The number of aliphatic carboxylic acids is 1. The Hall–Kier alpha value is -3.44. The number of nitrogens with two attached hydrogens (primary N) is 2. The number of hydrogen-bond donors (Lipinski definition) is 7. The summed E-state index contributed by atoms with van der Waals surface area (Å²) < 4.78 is 0. The largest absolute Gasteiger partial charge is 0.480 e. The molecule has 11 heteroatoms. The summed E-state index contributed by atoms with van der Waals surface area (Å²) >= 11 is 0. The summed E-state index contributed by atoms with van der Waals surface area (Å²) in [6, 6.07) is 3.61. The molecule has 204 valence electrons. The van der Waals surface area contributed by atoms with Crippen molar-refractivity contribution < 1.29 is 24.3 Å². The number of rotatable bonds is 15. The van der Waals surface area contributed by atoms with E-state index in [1.54, 1.807) is 13.1 Å². The highest BCUT2D eigenvalue weighted by Gasteiger charge is 2.32. The number of amides is 3. The van der Waals surface area contributed by atoms with Crippen molar-refractivity contribution in [2.75, 3.05) is 6.54 Å². The standard InChI is InChI=1S/C26H40N6O5/c1-4-15(2)22(32-23(33)16(3)30-24(34)19(28)10-7-8-12-27)25(35)31-21(26(36)37)13-17-14-29-20-11-6-5-9-18(17)20/h5-6,9,11,14-16,19,21-22,29H,4,7-8,10,12-13,27-28H2,1-3H3,(H,30,34)(H,31,35)(H,32,33)(H,36,37). The third-order valence-corrected chi connectivity index (χ3v) is 6.56. The fourth-order valence-corrected chi connectivity index (χ4v) is 3.99. The van der Waals surface area contributed by atoms with E-state index in [9.17, 15) is 24.3 Å². The van der Waals surface area contributed by atoms with Crippen molar-refractivity contribution in [2.24, 2.45) is 17.4 Å². The van der Waals surface area contributed by atoms with Crippen molar-refractivity contribution in [1.29, 1.82) is 0 Å². The molecule has 0 aliphatic carbocycles. The molecule has 9 N–H and O–H groups in total. The van der Waals surface area contributed by atoms with E-state index in [0.717, 1.165) is 22.9 Å². The summed E-state index contributed by atoms with van der Waals surface area (Å²) in [6.07, 6.45) is 4.26. The van der Waals surface area contributed by atoms with Gasteiger partial charge in [0.25, 0.3) is 0 Å². The van der Waals surface area contributed by atoms with Gasteiger partial charge in [-0.2, -0.15) is 0 Å². The van der Waals surface area contributed by atoms with Gasteiger partial charge in [0, 0.05) is 23.5 Å². The zero-order valence-electron chi connectivity index (χ0n) is 21.8. The van der Waals surface area contributed by atoms with Crippen LogP contribution in [-0.4, -0.2) is 64.5 Å². The van der Waals surface area contributed by atoms with Gasteiger partial charge in [0.05, 0.1) is 6.04 Å². The first-order valence-corrected chi connectivity index (χ1v) is 12.7. The molecule has 0 aliphatic heterocycles. The molecule has 11 nitrogen and oxygen atoms in total. The number of para-hydroxylation sites is 1. The molecule has 0 radical (unpaired) electrons. The van der Waals surface area contributed by atoms with E-state index in [0.29, 0.717) is 25.8 Å². The molecule has 0 spiro atoms. The number of carboxylic acids is 1. The van der Waals surface area contributed by atoms with E-state index in [2.05, 4.69) is 20.9 Å². The molecule has 0 fully saturated rings. The number of aromatic nitrogens is 1. The summed E-state index contributed by atoms with van der Waals surface area (Å²) in [5.41, 5.74) is 13.0. The highest BCUT2D eigenvalue weighted by atomic mass is 16.4. The predicted molar refractivity (Wildman–Crippen MR) is 141 cm³/mol. The summed E-state index contributed by atoms with van der Waals surface area (Å²) in [6.45, 7) is 5.67. The summed E-state index contributed by atoms with van der Waals surface area (Å²) in [4.78, 5) is 53.4.